The molecule has 1 aliphatic heterocycles. The lowest BCUT2D eigenvalue weighted by Crippen LogP contribution is -2.36. The molecule has 0 unspecified atom stereocenters. The maximum absolute atomic E-state index is 5.38. The van der Waals surface area contributed by atoms with Crippen LogP contribution in [-0.2, 0) is 4.74 Å². The molecular formula is C14H16N4OS. The van der Waals surface area contributed by atoms with Crippen LogP contribution in [0.2, 0.25) is 0 Å². The Labute approximate surface area is 121 Å². The highest BCUT2D eigenvalue weighted by molar-refractivity contribution is 7.17. The van der Waals surface area contributed by atoms with E-state index in [1.807, 2.05) is 30.3 Å². The van der Waals surface area contributed by atoms with Crippen LogP contribution < -0.4 is 10.7 Å². The highest BCUT2D eigenvalue weighted by atomic mass is 32.1. The first-order valence-electron chi connectivity index (χ1n) is 6.50. The van der Waals surface area contributed by atoms with Gasteiger partial charge in [-0.3, -0.25) is 0 Å². The fraction of sp³-hybridized carbons (Fsp3) is 0.286. The second-order valence-corrected chi connectivity index (χ2v) is 5.46. The number of thiazole rings is 1. The third-order valence-electron chi connectivity index (χ3n) is 3.16. The summed E-state index contributed by atoms with van der Waals surface area (Å²) >= 11 is 1.62. The summed E-state index contributed by atoms with van der Waals surface area (Å²) in [6.45, 7) is 3.25. The summed E-state index contributed by atoms with van der Waals surface area (Å²) in [5.41, 5.74) is 2.02. The number of benzene rings is 1. The van der Waals surface area contributed by atoms with Gasteiger partial charge in [0.1, 0.15) is 0 Å². The van der Waals surface area contributed by atoms with E-state index in [1.54, 1.807) is 17.6 Å². The molecular weight excluding hydrogens is 272 g/mol. The summed E-state index contributed by atoms with van der Waals surface area (Å²) in [6, 6.07) is 10.1. The fourth-order valence-electron chi connectivity index (χ4n) is 2.17. The molecule has 1 saturated heterocycles. The lowest BCUT2D eigenvalue weighted by atomic mass is 10.1. The number of hydrogen-bond donors (Lipinski definition) is 1. The molecule has 2 aromatic rings. The van der Waals surface area contributed by atoms with Crippen LogP contribution in [0, 0.1) is 0 Å². The number of anilines is 1. The molecule has 0 spiro atoms. The molecule has 2 heterocycles. The molecule has 104 valence electrons. The smallest absolute Gasteiger partial charge is 0.186 e. The van der Waals surface area contributed by atoms with Crippen molar-refractivity contribution in [1.82, 2.24) is 4.98 Å². The van der Waals surface area contributed by atoms with Crippen molar-refractivity contribution in [2.45, 2.75) is 0 Å². The molecule has 0 saturated carbocycles. The van der Waals surface area contributed by atoms with Gasteiger partial charge in [-0.1, -0.05) is 41.7 Å². The molecule has 1 aromatic heterocycles. The minimum atomic E-state index is 0.751. The highest BCUT2D eigenvalue weighted by Crippen LogP contribution is 2.32. The average molecular weight is 288 g/mol. The second-order valence-electron chi connectivity index (χ2n) is 4.45. The number of nitrogens with two attached hydrogens (primary N) is 1. The Bertz CT molecular complexity index is 590. The third-order valence-corrected chi connectivity index (χ3v) is 4.21. The highest BCUT2D eigenvalue weighted by Gasteiger charge is 2.18. The first kappa shape index (κ1) is 13.1. The van der Waals surface area contributed by atoms with Crippen molar-refractivity contribution in [3.8, 4) is 11.3 Å². The van der Waals surface area contributed by atoms with Crippen LogP contribution in [0.5, 0.6) is 0 Å². The Morgan fingerprint density at radius 1 is 1.25 bits per heavy atom. The van der Waals surface area contributed by atoms with Crippen LogP contribution in [0.15, 0.2) is 35.4 Å². The number of ether oxygens (including phenoxy) is 1. The van der Waals surface area contributed by atoms with Gasteiger partial charge in [0.05, 0.1) is 30.0 Å². The van der Waals surface area contributed by atoms with Gasteiger partial charge in [-0.05, 0) is 0 Å². The van der Waals surface area contributed by atoms with E-state index >= 15 is 0 Å². The molecule has 1 aliphatic rings. The topological polar surface area (TPSA) is 63.7 Å². The van der Waals surface area contributed by atoms with Crippen molar-refractivity contribution in [3.05, 3.63) is 35.2 Å². The molecule has 0 bridgehead atoms. The first-order valence-corrected chi connectivity index (χ1v) is 7.32. The molecule has 5 nitrogen and oxygen atoms in total. The lowest BCUT2D eigenvalue weighted by molar-refractivity contribution is 0.122. The van der Waals surface area contributed by atoms with Crippen LogP contribution in [-0.4, -0.2) is 37.5 Å². The van der Waals surface area contributed by atoms with Crippen LogP contribution in [0.3, 0.4) is 0 Å². The predicted molar refractivity (Wildman–Crippen MR) is 82.4 cm³/mol. The first-order chi connectivity index (χ1) is 9.88. The summed E-state index contributed by atoms with van der Waals surface area (Å²) in [5.74, 6) is 5.31. The number of hydrogen-bond acceptors (Lipinski definition) is 6. The quantitative estimate of drug-likeness (QED) is 0.532. The van der Waals surface area contributed by atoms with Crippen LogP contribution in [0.25, 0.3) is 11.3 Å². The van der Waals surface area contributed by atoms with E-state index < -0.39 is 0 Å². The molecule has 0 aliphatic carbocycles. The molecule has 3 rings (SSSR count). The van der Waals surface area contributed by atoms with E-state index in [4.69, 9.17) is 15.6 Å². The van der Waals surface area contributed by atoms with Gasteiger partial charge in [-0.2, -0.15) is 5.10 Å². The van der Waals surface area contributed by atoms with Crippen LogP contribution in [0.1, 0.15) is 4.88 Å². The average Bonchev–Trinajstić information content (AvgIpc) is 2.94. The minimum absolute atomic E-state index is 0.751. The Morgan fingerprint density at radius 3 is 2.70 bits per heavy atom. The zero-order valence-corrected chi connectivity index (χ0v) is 11.8. The summed E-state index contributed by atoms with van der Waals surface area (Å²) in [4.78, 5) is 8.00. The van der Waals surface area contributed by atoms with E-state index in [0.717, 1.165) is 47.6 Å². The van der Waals surface area contributed by atoms with Crippen molar-refractivity contribution in [2.24, 2.45) is 10.9 Å². The lowest BCUT2D eigenvalue weighted by Gasteiger charge is -2.26. The van der Waals surface area contributed by atoms with Crippen molar-refractivity contribution in [1.29, 1.82) is 0 Å². The minimum Gasteiger partial charge on any atom is -0.378 e. The molecule has 0 radical (unpaired) electrons. The Morgan fingerprint density at radius 2 is 2.00 bits per heavy atom. The Kier molecular flexibility index (Phi) is 3.94. The van der Waals surface area contributed by atoms with E-state index in [0.29, 0.717) is 0 Å². The van der Waals surface area contributed by atoms with Gasteiger partial charge in [-0.25, -0.2) is 4.98 Å². The number of morpholine rings is 1. The van der Waals surface area contributed by atoms with E-state index in [9.17, 15) is 0 Å². The second kappa shape index (κ2) is 6.02. The summed E-state index contributed by atoms with van der Waals surface area (Å²) in [5, 5.41) is 4.65. The molecule has 20 heavy (non-hydrogen) atoms. The molecule has 1 fully saturated rings. The van der Waals surface area contributed by atoms with E-state index in [2.05, 4.69) is 10.0 Å². The predicted octanol–water partition coefficient (Wildman–Crippen LogP) is 1.94. The number of aromatic nitrogens is 1. The summed E-state index contributed by atoms with van der Waals surface area (Å²) < 4.78 is 5.38. The molecule has 6 heteroatoms. The standard InChI is InChI=1S/C14H16N4OS/c15-16-10-12-13(11-4-2-1-3-5-11)17-14(20-12)18-6-8-19-9-7-18/h1-5,10H,6-9,15H2/b16-10-. The largest absolute Gasteiger partial charge is 0.378 e. The van der Waals surface area contributed by atoms with Crippen molar-refractivity contribution in [3.63, 3.8) is 0 Å². The van der Waals surface area contributed by atoms with Gasteiger partial charge in [-0.15, -0.1) is 0 Å². The van der Waals surface area contributed by atoms with Crippen molar-refractivity contribution < 1.29 is 4.74 Å². The van der Waals surface area contributed by atoms with Gasteiger partial charge >= 0.3 is 0 Å². The zero-order valence-electron chi connectivity index (χ0n) is 11.0. The third kappa shape index (κ3) is 2.66. The van der Waals surface area contributed by atoms with Crippen LogP contribution in [0.4, 0.5) is 5.13 Å². The van der Waals surface area contributed by atoms with Gasteiger partial charge in [0, 0.05) is 18.7 Å². The van der Waals surface area contributed by atoms with Gasteiger partial charge in [0.25, 0.3) is 0 Å². The van der Waals surface area contributed by atoms with Gasteiger partial charge < -0.3 is 15.5 Å². The Balaban J connectivity index is 1.98. The fourth-order valence-corrected chi connectivity index (χ4v) is 3.19. The number of rotatable bonds is 3. The molecule has 0 amide bonds. The number of nitrogens with zero attached hydrogens (tertiary/aromatic N) is 3. The zero-order chi connectivity index (χ0) is 13.8. The number of hydrazone groups is 1. The Hall–Kier alpha value is -1.92. The van der Waals surface area contributed by atoms with E-state index in [-0.39, 0.29) is 0 Å². The van der Waals surface area contributed by atoms with Crippen molar-refractivity contribution in [2.75, 3.05) is 31.2 Å². The molecule has 1 aromatic carbocycles. The van der Waals surface area contributed by atoms with E-state index in [1.165, 1.54) is 0 Å². The molecule has 2 N–H and O–H groups in total. The van der Waals surface area contributed by atoms with Crippen LogP contribution >= 0.6 is 11.3 Å². The van der Waals surface area contributed by atoms with Gasteiger partial charge in [0.2, 0.25) is 0 Å². The van der Waals surface area contributed by atoms with Gasteiger partial charge in [0.15, 0.2) is 5.13 Å². The SMILES string of the molecule is N/N=C\c1sc(N2CCOCC2)nc1-c1ccccc1. The molecule has 0 atom stereocenters. The monoisotopic (exact) mass is 288 g/mol. The normalized spacial score (nSPS) is 15.9. The maximum atomic E-state index is 5.38. The summed E-state index contributed by atoms with van der Waals surface area (Å²) in [6.07, 6.45) is 1.67. The van der Waals surface area contributed by atoms with Crippen molar-refractivity contribution >= 4 is 22.7 Å². The maximum Gasteiger partial charge on any atom is 0.186 e. The summed E-state index contributed by atoms with van der Waals surface area (Å²) in [7, 11) is 0.